The lowest BCUT2D eigenvalue weighted by atomic mass is 9.89. The minimum Gasteiger partial charge on any atom is -0.454 e. The zero-order chi connectivity index (χ0) is 24.6. The number of rotatable bonds is 10. The van der Waals surface area contributed by atoms with Gasteiger partial charge in [-0.15, -0.1) is 0 Å². The van der Waals surface area contributed by atoms with Crippen molar-refractivity contribution in [3.63, 3.8) is 0 Å². The summed E-state index contributed by atoms with van der Waals surface area (Å²) in [6.07, 6.45) is 3.68. The number of likely N-dealkylation sites (tertiary alicyclic amines) is 1. The van der Waals surface area contributed by atoms with E-state index in [2.05, 4.69) is 12.2 Å². The zero-order valence-electron chi connectivity index (χ0n) is 20.7. The summed E-state index contributed by atoms with van der Waals surface area (Å²) in [5, 5.41) is 2.95. The lowest BCUT2D eigenvalue weighted by Crippen LogP contribution is -2.38. The molecule has 2 aliphatic rings. The molecule has 1 aromatic carbocycles. The summed E-state index contributed by atoms with van der Waals surface area (Å²) < 4.78 is 16.2. The van der Waals surface area contributed by atoms with Crippen LogP contribution in [-0.4, -0.2) is 61.3 Å². The van der Waals surface area contributed by atoms with Crippen LogP contribution in [0.15, 0.2) is 30.3 Å². The number of piperidine rings is 1. The Bertz CT molecular complexity index is 1030. The third-order valence-electron chi connectivity index (χ3n) is 6.49. The van der Waals surface area contributed by atoms with Crippen LogP contribution >= 0.6 is 0 Å². The lowest BCUT2D eigenvalue weighted by molar-refractivity contribution is -0.132. The molecule has 8 nitrogen and oxygen atoms in total. The molecule has 35 heavy (non-hydrogen) atoms. The first-order valence-electron chi connectivity index (χ1n) is 12.5. The summed E-state index contributed by atoms with van der Waals surface area (Å²) in [5.41, 5.74) is 3.42. The van der Waals surface area contributed by atoms with E-state index in [0.717, 1.165) is 47.7 Å². The predicted octanol–water partition coefficient (Wildman–Crippen LogP) is 3.61. The highest BCUT2D eigenvalue weighted by molar-refractivity contribution is 5.95. The maximum Gasteiger partial charge on any atom is 0.253 e. The monoisotopic (exact) mass is 481 g/mol. The van der Waals surface area contributed by atoms with Gasteiger partial charge in [0, 0.05) is 44.3 Å². The highest BCUT2D eigenvalue weighted by atomic mass is 16.7. The molecule has 0 spiro atoms. The van der Waals surface area contributed by atoms with Gasteiger partial charge in [-0.05, 0) is 62.4 Å². The van der Waals surface area contributed by atoms with Crippen molar-refractivity contribution in [1.29, 1.82) is 0 Å². The van der Waals surface area contributed by atoms with Crippen LogP contribution in [0.4, 0.5) is 0 Å². The fourth-order valence-corrected chi connectivity index (χ4v) is 4.57. The highest BCUT2D eigenvalue weighted by Gasteiger charge is 2.28. The first-order chi connectivity index (χ1) is 17.0. The topological polar surface area (TPSA) is 90.0 Å². The van der Waals surface area contributed by atoms with Crippen LogP contribution in [0, 0.1) is 6.92 Å². The van der Waals surface area contributed by atoms with E-state index in [1.54, 1.807) is 0 Å². The molecule has 2 amide bonds. The van der Waals surface area contributed by atoms with Crippen molar-refractivity contribution >= 4 is 11.8 Å². The van der Waals surface area contributed by atoms with Gasteiger partial charge in [0.1, 0.15) is 0 Å². The average Bonchev–Trinajstić information content (AvgIpc) is 3.35. The van der Waals surface area contributed by atoms with Crippen molar-refractivity contribution in [2.45, 2.75) is 51.9 Å². The number of fused-ring (bicyclic) bond motifs is 1. The Hall–Kier alpha value is -3.13. The number of amides is 2. The molecule has 1 N–H and O–H groups in total. The number of aryl methyl sites for hydroxylation is 2. The molecule has 0 unspecified atom stereocenters. The molecule has 0 radical (unpaired) electrons. The van der Waals surface area contributed by atoms with Gasteiger partial charge in [0.15, 0.2) is 11.5 Å². The molecule has 2 aliphatic heterocycles. The van der Waals surface area contributed by atoms with Gasteiger partial charge >= 0.3 is 0 Å². The summed E-state index contributed by atoms with van der Waals surface area (Å²) in [5.74, 6) is 1.70. The van der Waals surface area contributed by atoms with Crippen molar-refractivity contribution in [1.82, 2.24) is 15.2 Å². The van der Waals surface area contributed by atoms with Gasteiger partial charge < -0.3 is 24.4 Å². The Labute approximate surface area is 207 Å². The Kier molecular flexibility index (Phi) is 8.58. The smallest absolute Gasteiger partial charge is 0.253 e. The molecule has 0 atom stereocenters. The molecule has 0 saturated carbocycles. The fourth-order valence-electron chi connectivity index (χ4n) is 4.57. The molecule has 3 heterocycles. The van der Waals surface area contributed by atoms with E-state index in [9.17, 15) is 9.59 Å². The Morgan fingerprint density at radius 2 is 1.91 bits per heavy atom. The van der Waals surface area contributed by atoms with Crippen LogP contribution in [0.25, 0.3) is 0 Å². The van der Waals surface area contributed by atoms with Crippen LogP contribution in [0.5, 0.6) is 11.5 Å². The Morgan fingerprint density at radius 1 is 1.11 bits per heavy atom. The number of aromatic nitrogens is 1. The number of pyridine rings is 1. The van der Waals surface area contributed by atoms with Gasteiger partial charge in [-0.3, -0.25) is 14.6 Å². The average molecular weight is 482 g/mol. The first-order valence-corrected chi connectivity index (χ1v) is 12.5. The Balaban J connectivity index is 1.29. The maximum atomic E-state index is 12.8. The summed E-state index contributed by atoms with van der Waals surface area (Å²) in [4.78, 5) is 32.3. The largest absolute Gasteiger partial charge is 0.454 e. The van der Waals surface area contributed by atoms with Crippen LogP contribution in [0.3, 0.4) is 0 Å². The van der Waals surface area contributed by atoms with Crippen molar-refractivity contribution in [3.05, 3.63) is 52.8 Å². The van der Waals surface area contributed by atoms with E-state index in [-0.39, 0.29) is 24.5 Å². The molecule has 1 aromatic heterocycles. The van der Waals surface area contributed by atoms with Gasteiger partial charge in [0.2, 0.25) is 12.7 Å². The van der Waals surface area contributed by atoms with Crippen molar-refractivity contribution in [2.24, 2.45) is 0 Å². The number of hydrogen-bond donors (Lipinski definition) is 1. The van der Waals surface area contributed by atoms with Crippen LogP contribution in [0.1, 0.15) is 65.8 Å². The molecular weight excluding hydrogens is 446 g/mol. The maximum absolute atomic E-state index is 12.8. The van der Waals surface area contributed by atoms with E-state index < -0.39 is 0 Å². The fraction of sp³-hybridized carbons (Fsp3) is 0.519. The van der Waals surface area contributed by atoms with Crippen molar-refractivity contribution < 1.29 is 23.8 Å². The molecule has 2 aromatic rings. The Morgan fingerprint density at radius 3 is 2.71 bits per heavy atom. The molecule has 188 valence electrons. The second kappa shape index (κ2) is 12.0. The zero-order valence-corrected chi connectivity index (χ0v) is 20.7. The van der Waals surface area contributed by atoms with E-state index in [0.29, 0.717) is 51.3 Å². The predicted molar refractivity (Wildman–Crippen MR) is 132 cm³/mol. The summed E-state index contributed by atoms with van der Waals surface area (Å²) in [7, 11) is 0. The van der Waals surface area contributed by atoms with Gasteiger partial charge in [-0.25, -0.2) is 0 Å². The molecule has 1 saturated heterocycles. The summed E-state index contributed by atoms with van der Waals surface area (Å²) in [6, 6.07) is 9.57. The number of nitrogens with one attached hydrogen (secondary N) is 1. The lowest BCUT2D eigenvalue weighted by Gasteiger charge is -2.32. The summed E-state index contributed by atoms with van der Waals surface area (Å²) in [6.45, 7) is 7.27. The number of nitrogens with zero attached hydrogens (tertiary/aromatic N) is 2. The number of carbonyl (C=O) groups excluding carboxylic acids is 2. The molecular formula is C27H35N3O5. The van der Waals surface area contributed by atoms with Crippen LogP contribution < -0.4 is 14.8 Å². The van der Waals surface area contributed by atoms with E-state index >= 15 is 0 Å². The van der Waals surface area contributed by atoms with Gasteiger partial charge in [-0.1, -0.05) is 13.0 Å². The highest BCUT2D eigenvalue weighted by Crippen LogP contribution is 2.33. The van der Waals surface area contributed by atoms with Crippen LogP contribution in [-0.2, 0) is 16.0 Å². The number of carbonyl (C=O) groups is 2. The third kappa shape index (κ3) is 6.51. The third-order valence-corrected chi connectivity index (χ3v) is 6.49. The standard InChI is InChI=1S/C27H35N3O5/c1-3-15-33-16-12-28-27(32)22-7-4-19(2)29-26(22)21-10-13-30(14-11-21)25(31)9-6-20-5-8-23-24(17-20)35-18-34-23/h4-5,7-8,17,21H,3,6,9-16,18H2,1-2H3,(H,28,32). The van der Waals surface area contributed by atoms with E-state index in [4.69, 9.17) is 19.2 Å². The molecule has 8 heteroatoms. The van der Waals surface area contributed by atoms with Gasteiger partial charge in [0.05, 0.1) is 17.9 Å². The number of benzene rings is 1. The van der Waals surface area contributed by atoms with Gasteiger partial charge in [-0.2, -0.15) is 0 Å². The minimum absolute atomic E-state index is 0.116. The van der Waals surface area contributed by atoms with E-state index in [1.165, 1.54) is 0 Å². The van der Waals surface area contributed by atoms with Crippen molar-refractivity contribution in [2.75, 3.05) is 39.6 Å². The van der Waals surface area contributed by atoms with Gasteiger partial charge in [0.25, 0.3) is 5.91 Å². The molecule has 4 rings (SSSR count). The molecule has 0 aliphatic carbocycles. The first kappa shape index (κ1) is 25.0. The summed E-state index contributed by atoms with van der Waals surface area (Å²) >= 11 is 0. The second-order valence-corrected chi connectivity index (χ2v) is 9.10. The quantitative estimate of drug-likeness (QED) is 0.522. The number of hydrogen-bond acceptors (Lipinski definition) is 6. The van der Waals surface area contributed by atoms with Crippen LogP contribution in [0.2, 0.25) is 0 Å². The SMILES string of the molecule is CCCOCCNC(=O)c1ccc(C)nc1C1CCN(C(=O)CCc2ccc3c(c2)OCO3)CC1. The van der Waals surface area contributed by atoms with Crippen molar-refractivity contribution in [3.8, 4) is 11.5 Å². The van der Waals surface area contributed by atoms with E-state index in [1.807, 2.05) is 42.2 Å². The second-order valence-electron chi connectivity index (χ2n) is 9.10. The minimum atomic E-state index is -0.116. The number of ether oxygens (including phenoxy) is 3. The normalized spacial score (nSPS) is 15.3. The molecule has 0 bridgehead atoms. The molecule has 1 fully saturated rings.